The molecule has 5 nitrogen and oxygen atoms in total. The smallest absolute Gasteiger partial charge is 0.242 e. The summed E-state index contributed by atoms with van der Waals surface area (Å²) in [5, 5.41) is 13.8. The molecule has 0 spiro atoms. The summed E-state index contributed by atoms with van der Waals surface area (Å²) in [6.07, 6.45) is 1.85. The highest BCUT2D eigenvalue weighted by molar-refractivity contribution is 5.84. The van der Waals surface area contributed by atoms with Crippen molar-refractivity contribution in [1.29, 1.82) is 0 Å². The van der Waals surface area contributed by atoms with Gasteiger partial charge in [-0.3, -0.25) is 4.79 Å². The molecule has 1 aliphatic heterocycles. The summed E-state index contributed by atoms with van der Waals surface area (Å²) in [6, 6.07) is 3.54. The Kier molecular flexibility index (Phi) is 2.80. The molecule has 0 aromatic carbocycles. The number of hydrogen-bond donors (Lipinski definition) is 2. The standard InChI is InChI=1S/C10H14N4O/c1-7-4-5-9(14-13-7)12-8-3-2-6-11-10(8)15/h4-5,8H,2-3,6H2,1H3,(H,11,15)(H,12,14). The Bertz CT molecular complexity index is 349. The lowest BCUT2D eigenvalue weighted by Crippen LogP contribution is -2.44. The normalized spacial score (nSPS) is 20.9. The summed E-state index contributed by atoms with van der Waals surface area (Å²) in [5.41, 5.74) is 0.869. The molecule has 1 fully saturated rings. The van der Waals surface area contributed by atoms with Crippen molar-refractivity contribution in [2.75, 3.05) is 11.9 Å². The zero-order valence-corrected chi connectivity index (χ0v) is 8.66. The summed E-state index contributed by atoms with van der Waals surface area (Å²) >= 11 is 0. The van der Waals surface area contributed by atoms with Crippen LogP contribution in [0, 0.1) is 6.92 Å². The molecule has 1 saturated heterocycles. The molecule has 1 amide bonds. The average Bonchev–Trinajstić information content (AvgIpc) is 2.25. The Morgan fingerprint density at radius 1 is 1.47 bits per heavy atom. The van der Waals surface area contributed by atoms with E-state index in [-0.39, 0.29) is 11.9 Å². The first kappa shape index (κ1) is 9.89. The van der Waals surface area contributed by atoms with Gasteiger partial charge in [0.25, 0.3) is 0 Å². The maximum Gasteiger partial charge on any atom is 0.242 e. The van der Waals surface area contributed by atoms with Gasteiger partial charge in [-0.1, -0.05) is 0 Å². The van der Waals surface area contributed by atoms with Crippen LogP contribution >= 0.6 is 0 Å². The number of aryl methyl sites for hydroxylation is 1. The second-order valence-corrected chi connectivity index (χ2v) is 3.69. The molecule has 1 unspecified atom stereocenters. The van der Waals surface area contributed by atoms with E-state index in [1.807, 2.05) is 19.1 Å². The molecule has 0 saturated carbocycles. The van der Waals surface area contributed by atoms with Crippen LogP contribution in [0.3, 0.4) is 0 Å². The zero-order valence-electron chi connectivity index (χ0n) is 8.66. The molecule has 0 aliphatic carbocycles. The van der Waals surface area contributed by atoms with Gasteiger partial charge >= 0.3 is 0 Å². The fourth-order valence-corrected chi connectivity index (χ4v) is 1.56. The van der Waals surface area contributed by atoms with E-state index in [1.165, 1.54) is 0 Å². The fraction of sp³-hybridized carbons (Fsp3) is 0.500. The van der Waals surface area contributed by atoms with E-state index in [9.17, 15) is 4.79 Å². The van der Waals surface area contributed by atoms with Crippen LogP contribution in [0.4, 0.5) is 5.82 Å². The lowest BCUT2D eigenvalue weighted by Gasteiger charge is -2.22. The Balaban J connectivity index is 2.01. The van der Waals surface area contributed by atoms with E-state index in [4.69, 9.17) is 0 Å². The largest absolute Gasteiger partial charge is 0.357 e. The van der Waals surface area contributed by atoms with Crippen molar-refractivity contribution in [2.45, 2.75) is 25.8 Å². The van der Waals surface area contributed by atoms with Gasteiger partial charge in [-0.2, -0.15) is 5.10 Å². The van der Waals surface area contributed by atoms with Crippen molar-refractivity contribution in [3.63, 3.8) is 0 Å². The van der Waals surface area contributed by atoms with Gasteiger partial charge in [-0.15, -0.1) is 5.10 Å². The maximum absolute atomic E-state index is 11.4. The third kappa shape index (κ3) is 2.43. The molecule has 1 aromatic rings. The van der Waals surface area contributed by atoms with E-state index < -0.39 is 0 Å². The minimum atomic E-state index is -0.171. The van der Waals surface area contributed by atoms with E-state index in [0.717, 1.165) is 25.1 Å². The van der Waals surface area contributed by atoms with Gasteiger partial charge in [-0.05, 0) is 31.9 Å². The van der Waals surface area contributed by atoms with Crippen LogP contribution in [0.1, 0.15) is 18.5 Å². The first-order valence-corrected chi connectivity index (χ1v) is 5.10. The van der Waals surface area contributed by atoms with Crippen molar-refractivity contribution in [3.05, 3.63) is 17.8 Å². The topological polar surface area (TPSA) is 66.9 Å². The lowest BCUT2D eigenvalue weighted by atomic mass is 10.1. The van der Waals surface area contributed by atoms with Crippen LogP contribution in [-0.2, 0) is 4.79 Å². The van der Waals surface area contributed by atoms with Gasteiger partial charge < -0.3 is 10.6 Å². The zero-order chi connectivity index (χ0) is 10.7. The van der Waals surface area contributed by atoms with Crippen molar-refractivity contribution in [1.82, 2.24) is 15.5 Å². The SMILES string of the molecule is Cc1ccc(NC2CCCNC2=O)nn1. The maximum atomic E-state index is 11.4. The van der Waals surface area contributed by atoms with Crippen molar-refractivity contribution in [3.8, 4) is 0 Å². The molecule has 15 heavy (non-hydrogen) atoms. The number of carbonyl (C=O) groups is 1. The van der Waals surface area contributed by atoms with E-state index >= 15 is 0 Å². The molecule has 0 bridgehead atoms. The number of anilines is 1. The Morgan fingerprint density at radius 3 is 3.00 bits per heavy atom. The highest BCUT2D eigenvalue weighted by Crippen LogP contribution is 2.10. The number of amides is 1. The monoisotopic (exact) mass is 206 g/mol. The van der Waals surface area contributed by atoms with Crippen LogP contribution in [0.5, 0.6) is 0 Å². The average molecular weight is 206 g/mol. The molecule has 1 aromatic heterocycles. The predicted octanol–water partition coefficient (Wildman–Crippen LogP) is 0.476. The molecule has 2 heterocycles. The molecular weight excluding hydrogens is 192 g/mol. The molecule has 5 heteroatoms. The summed E-state index contributed by atoms with van der Waals surface area (Å²) < 4.78 is 0. The summed E-state index contributed by atoms with van der Waals surface area (Å²) in [5.74, 6) is 0.700. The first-order chi connectivity index (χ1) is 7.25. The second-order valence-electron chi connectivity index (χ2n) is 3.69. The van der Waals surface area contributed by atoms with E-state index in [2.05, 4.69) is 20.8 Å². The second kappa shape index (κ2) is 4.25. The number of nitrogens with one attached hydrogen (secondary N) is 2. The molecule has 1 atom stereocenters. The number of rotatable bonds is 2. The van der Waals surface area contributed by atoms with Gasteiger partial charge in [-0.25, -0.2) is 0 Å². The van der Waals surface area contributed by atoms with Crippen LogP contribution in [0.15, 0.2) is 12.1 Å². The molecule has 2 rings (SSSR count). The van der Waals surface area contributed by atoms with E-state index in [0.29, 0.717) is 5.82 Å². The third-order valence-corrected chi connectivity index (χ3v) is 2.41. The summed E-state index contributed by atoms with van der Waals surface area (Å²) in [6.45, 7) is 2.65. The molecule has 1 aliphatic rings. The van der Waals surface area contributed by atoms with Crippen LogP contribution in [-0.4, -0.2) is 28.7 Å². The number of carbonyl (C=O) groups excluding carboxylic acids is 1. The number of nitrogens with zero attached hydrogens (tertiary/aromatic N) is 2. The van der Waals surface area contributed by atoms with Crippen molar-refractivity contribution < 1.29 is 4.79 Å². The van der Waals surface area contributed by atoms with E-state index in [1.54, 1.807) is 0 Å². The van der Waals surface area contributed by atoms with Crippen LogP contribution in [0.2, 0.25) is 0 Å². The number of hydrogen-bond acceptors (Lipinski definition) is 4. The summed E-state index contributed by atoms with van der Waals surface area (Å²) in [4.78, 5) is 11.4. The molecule has 0 radical (unpaired) electrons. The fourth-order valence-electron chi connectivity index (χ4n) is 1.56. The molecular formula is C10H14N4O. The minimum absolute atomic E-state index is 0.0450. The highest BCUT2D eigenvalue weighted by Gasteiger charge is 2.21. The van der Waals surface area contributed by atoms with Gasteiger partial charge in [0, 0.05) is 6.54 Å². The quantitative estimate of drug-likeness (QED) is 0.738. The highest BCUT2D eigenvalue weighted by atomic mass is 16.2. The van der Waals surface area contributed by atoms with Crippen LogP contribution < -0.4 is 10.6 Å². The third-order valence-electron chi connectivity index (χ3n) is 2.41. The number of aromatic nitrogens is 2. The Labute approximate surface area is 88.3 Å². The van der Waals surface area contributed by atoms with Crippen LogP contribution in [0.25, 0.3) is 0 Å². The molecule has 2 N–H and O–H groups in total. The van der Waals surface area contributed by atoms with Crippen molar-refractivity contribution in [2.24, 2.45) is 0 Å². The number of piperidine rings is 1. The van der Waals surface area contributed by atoms with Gasteiger partial charge in [0.05, 0.1) is 5.69 Å². The molecule has 80 valence electrons. The predicted molar refractivity (Wildman–Crippen MR) is 56.4 cm³/mol. The summed E-state index contributed by atoms with van der Waals surface area (Å²) in [7, 11) is 0. The van der Waals surface area contributed by atoms with Gasteiger partial charge in [0.2, 0.25) is 5.91 Å². The Morgan fingerprint density at radius 2 is 2.33 bits per heavy atom. The first-order valence-electron chi connectivity index (χ1n) is 5.10. The Hall–Kier alpha value is -1.65. The lowest BCUT2D eigenvalue weighted by molar-refractivity contribution is -0.123. The minimum Gasteiger partial charge on any atom is -0.357 e. The van der Waals surface area contributed by atoms with Gasteiger partial charge in [0.1, 0.15) is 11.9 Å². The van der Waals surface area contributed by atoms with Crippen molar-refractivity contribution >= 4 is 11.7 Å². The van der Waals surface area contributed by atoms with Gasteiger partial charge in [0.15, 0.2) is 0 Å².